The minimum Gasteiger partial charge on any atom is -0.474 e. The highest BCUT2D eigenvalue weighted by Gasteiger charge is 2.31. The van der Waals surface area contributed by atoms with Crippen molar-refractivity contribution < 1.29 is 22.3 Å². The van der Waals surface area contributed by atoms with Crippen LogP contribution in [0.4, 0.5) is 20.7 Å². The van der Waals surface area contributed by atoms with Crippen molar-refractivity contribution in [1.29, 1.82) is 0 Å². The zero-order valence-electron chi connectivity index (χ0n) is 20.2. The van der Waals surface area contributed by atoms with Crippen molar-refractivity contribution in [3.8, 4) is 5.88 Å². The standard InChI is InChI=1S/C24H31FN4O4S2/c1-4-16(2)14-34-24(30)28-10-7-17(8-11-28)33-23-19-9-12-29(22(19)26-15-27-23)21-6-5-18(13-20(21)25)35(3,31)32/h5-6,13,15-17H,4,7-12,14H2,1-3H3. The zero-order chi connectivity index (χ0) is 25.2. The van der Waals surface area contributed by atoms with Gasteiger partial charge in [0.1, 0.15) is 24.1 Å². The smallest absolute Gasteiger partial charge is 0.281 e. The topological polar surface area (TPSA) is 92.7 Å². The van der Waals surface area contributed by atoms with Gasteiger partial charge in [0.25, 0.3) is 5.24 Å². The van der Waals surface area contributed by atoms with Gasteiger partial charge in [-0.15, -0.1) is 0 Å². The Balaban J connectivity index is 1.41. The first-order valence-corrected chi connectivity index (χ1v) is 14.7. The van der Waals surface area contributed by atoms with Crippen LogP contribution in [0.1, 0.15) is 38.7 Å². The highest BCUT2D eigenvalue weighted by atomic mass is 32.2. The summed E-state index contributed by atoms with van der Waals surface area (Å²) in [7, 11) is -3.50. The van der Waals surface area contributed by atoms with Gasteiger partial charge in [-0.25, -0.2) is 22.8 Å². The predicted molar refractivity (Wildman–Crippen MR) is 135 cm³/mol. The van der Waals surface area contributed by atoms with E-state index >= 15 is 0 Å². The van der Waals surface area contributed by atoms with Crippen molar-refractivity contribution in [3.05, 3.63) is 35.9 Å². The predicted octanol–water partition coefficient (Wildman–Crippen LogP) is 4.46. The molecule has 1 aromatic heterocycles. The summed E-state index contributed by atoms with van der Waals surface area (Å²) < 4.78 is 44.5. The number of halogens is 1. The summed E-state index contributed by atoms with van der Waals surface area (Å²) in [6, 6.07) is 3.91. The van der Waals surface area contributed by atoms with Gasteiger partial charge in [0.05, 0.1) is 16.1 Å². The Kier molecular flexibility index (Phi) is 7.85. The van der Waals surface area contributed by atoms with E-state index < -0.39 is 15.7 Å². The second kappa shape index (κ2) is 10.7. The summed E-state index contributed by atoms with van der Waals surface area (Å²) in [5.74, 6) is 1.80. The van der Waals surface area contributed by atoms with Crippen LogP contribution in [0.3, 0.4) is 0 Å². The molecule has 0 radical (unpaired) electrons. The van der Waals surface area contributed by atoms with Crippen LogP contribution in [0.2, 0.25) is 0 Å². The molecule has 1 fully saturated rings. The van der Waals surface area contributed by atoms with E-state index in [4.69, 9.17) is 4.74 Å². The molecule has 2 aliphatic rings. The molecule has 1 saturated heterocycles. The third-order valence-electron chi connectivity index (χ3n) is 6.53. The van der Waals surface area contributed by atoms with Crippen LogP contribution in [-0.4, -0.2) is 66.3 Å². The molecule has 1 amide bonds. The van der Waals surface area contributed by atoms with Gasteiger partial charge in [-0.3, -0.25) is 4.79 Å². The summed E-state index contributed by atoms with van der Waals surface area (Å²) in [5, 5.41) is 0.131. The van der Waals surface area contributed by atoms with Gasteiger partial charge < -0.3 is 14.5 Å². The summed E-state index contributed by atoms with van der Waals surface area (Å²) in [6.45, 7) is 6.07. The molecule has 35 heavy (non-hydrogen) atoms. The molecule has 2 aliphatic heterocycles. The molecule has 3 heterocycles. The number of aromatic nitrogens is 2. The molecule has 0 aliphatic carbocycles. The molecule has 11 heteroatoms. The molecular weight excluding hydrogens is 491 g/mol. The molecule has 1 aromatic carbocycles. The Morgan fingerprint density at radius 1 is 1.26 bits per heavy atom. The molecule has 4 rings (SSSR count). The number of amides is 1. The van der Waals surface area contributed by atoms with Crippen LogP contribution in [0.25, 0.3) is 0 Å². The number of carbonyl (C=O) groups excluding carboxylic acids is 1. The number of anilines is 2. The van der Waals surface area contributed by atoms with E-state index in [0.717, 1.165) is 42.9 Å². The zero-order valence-corrected chi connectivity index (χ0v) is 21.9. The number of carbonyl (C=O) groups is 1. The first-order valence-electron chi connectivity index (χ1n) is 11.9. The molecule has 1 unspecified atom stereocenters. The van der Waals surface area contributed by atoms with Gasteiger partial charge in [0.2, 0.25) is 5.88 Å². The molecule has 2 aromatic rings. The first kappa shape index (κ1) is 25.7. The fourth-order valence-electron chi connectivity index (χ4n) is 4.18. The number of likely N-dealkylation sites (tertiary alicyclic amines) is 1. The molecule has 1 atom stereocenters. The molecule has 0 N–H and O–H groups in total. The highest BCUT2D eigenvalue weighted by Crippen LogP contribution is 2.38. The van der Waals surface area contributed by atoms with Crippen LogP contribution < -0.4 is 9.64 Å². The second-order valence-corrected chi connectivity index (χ2v) is 12.1. The molecule has 0 spiro atoms. The third kappa shape index (κ3) is 5.88. The van der Waals surface area contributed by atoms with Gasteiger partial charge in [0.15, 0.2) is 9.84 Å². The first-order chi connectivity index (χ1) is 16.7. The number of rotatable bonds is 7. The normalized spacial score (nSPS) is 17.4. The molecule has 8 nitrogen and oxygen atoms in total. The van der Waals surface area contributed by atoms with Crippen LogP contribution in [0.15, 0.2) is 29.4 Å². The summed E-state index contributed by atoms with van der Waals surface area (Å²) in [4.78, 5) is 24.7. The van der Waals surface area contributed by atoms with Crippen LogP contribution in [-0.2, 0) is 16.3 Å². The third-order valence-corrected chi connectivity index (χ3v) is 8.88. The average molecular weight is 523 g/mol. The maximum Gasteiger partial charge on any atom is 0.281 e. The lowest BCUT2D eigenvalue weighted by molar-refractivity contribution is 0.114. The molecule has 0 saturated carbocycles. The van der Waals surface area contributed by atoms with E-state index in [1.54, 1.807) is 4.90 Å². The van der Waals surface area contributed by atoms with Crippen molar-refractivity contribution in [2.24, 2.45) is 5.92 Å². The van der Waals surface area contributed by atoms with Crippen molar-refractivity contribution in [2.45, 2.75) is 50.5 Å². The number of hydrogen-bond donors (Lipinski definition) is 0. The maximum atomic E-state index is 14.8. The van der Waals surface area contributed by atoms with Gasteiger partial charge >= 0.3 is 0 Å². The Hall–Kier alpha value is -2.40. The quantitative estimate of drug-likeness (QED) is 0.526. The van der Waals surface area contributed by atoms with Gasteiger partial charge in [-0.05, 0) is 30.5 Å². The van der Waals surface area contributed by atoms with Crippen molar-refractivity contribution in [3.63, 3.8) is 0 Å². The van der Waals surface area contributed by atoms with E-state index in [-0.39, 0.29) is 21.9 Å². The minimum absolute atomic E-state index is 0.0579. The number of hydrogen-bond acceptors (Lipinski definition) is 8. The van der Waals surface area contributed by atoms with E-state index in [2.05, 4.69) is 23.8 Å². The lowest BCUT2D eigenvalue weighted by Gasteiger charge is -2.32. The van der Waals surface area contributed by atoms with E-state index in [1.165, 1.54) is 30.2 Å². The number of thioether (sulfide) groups is 1. The van der Waals surface area contributed by atoms with Crippen molar-refractivity contribution >= 4 is 38.3 Å². The molecule has 190 valence electrons. The van der Waals surface area contributed by atoms with Gasteiger partial charge in [-0.2, -0.15) is 0 Å². The summed E-state index contributed by atoms with van der Waals surface area (Å²) >= 11 is 1.39. The SMILES string of the molecule is CCC(C)CSC(=O)N1CCC(Oc2ncnc3c2CCN3c2ccc(S(C)(=O)=O)cc2F)CC1. The van der Waals surface area contributed by atoms with E-state index in [9.17, 15) is 17.6 Å². The number of nitrogens with zero attached hydrogens (tertiary/aromatic N) is 4. The van der Waals surface area contributed by atoms with Crippen molar-refractivity contribution in [1.82, 2.24) is 14.9 Å². The largest absolute Gasteiger partial charge is 0.474 e. The monoisotopic (exact) mass is 522 g/mol. The Morgan fingerprint density at radius 3 is 2.66 bits per heavy atom. The van der Waals surface area contributed by atoms with Gasteiger partial charge in [-0.1, -0.05) is 32.0 Å². The van der Waals surface area contributed by atoms with Crippen LogP contribution >= 0.6 is 11.8 Å². The van der Waals surface area contributed by atoms with Crippen LogP contribution in [0, 0.1) is 11.7 Å². The average Bonchev–Trinajstić information content (AvgIpc) is 3.27. The lowest BCUT2D eigenvalue weighted by Crippen LogP contribution is -2.40. The van der Waals surface area contributed by atoms with E-state index in [0.29, 0.717) is 43.7 Å². The van der Waals surface area contributed by atoms with Gasteiger partial charge in [0, 0.05) is 44.5 Å². The molecule has 0 bridgehead atoms. The van der Waals surface area contributed by atoms with Crippen molar-refractivity contribution in [2.75, 3.05) is 36.5 Å². The number of fused-ring (bicyclic) bond motifs is 1. The Labute approximate surface area is 210 Å². The lowest BCUT2D eigenvalue weighted by atomic mass is 10.1. The minimum atomic E-state index is -3.50. The maximum absolute atomic E-state index is 14.8. The summed E-state index contributed by atoms with van der Waals surface area (Å²) in [5.41, 5.74) is 1.07. The fraction of sp³-hybridized carbons (Fsp3) is 0.542. The number of ether oxygens (including phenoxy) is 1. The fourth-order valence-corrected chi connectivity index (χ4v) is 5.84. The number of benzene rings is 1. The summed E-state index contributed by atoms with van der Waals surface area (Å²) in [6.07, 6.45) is 5.49. The second-order valence-electron chi connectivity index (χ2n) is 9.16. The highest BCUT2D eigenvalue weighted by molar-refractivity contribution is 8.13. The Morgan fingerprint density at radius 2 is 2.00 bits per heavy atom. The number of sulfone groups is 1. The number of piperidine rings is 1. The molecular formula is C24H31FN4O4S2. The van der Waals surface area contributed by atoms with Crippen LogP contribution in [0.5, 0.6) is 5.88 Å². The Bertz CT molecular complexity index is 1190. The van der Waals surface area contributed by atoms with E-state index in [1.807, 2.05) is 4.90 Å².